The Kier molecular flexibility index (Phi) is 4.27. The zero-order chi connectivity index (χ0) is 15.5. The van der Waals surface area contributed by atoms with Crippen LogP contribution in [0.25, 0.3) is 0 Å². The normalized spacial score (nSPS) is 21.3. The molecule has 22 heavy (non-hydrogen) atoms. The van der Waals surface area contributed by atoms with E-state index >= 15 is 0 Å². The lowest BCUT2D eigenvalue weighted by atomic mass is 9.98. The maximum Gasteiger partial charge on any atom is 0.145 e. The van der Waals surface area contributed by atoms with Crippen molar-refractivity contribution >= 4 is 17.4 Å². The Labute approximate surface area is 133 Å². The SMILES string of the molecule is Cn1cc([C@H]2OCCC[C@@H]2Nc2ncc(C#N)cc2Cl)cn1. The Morgan fingerprint density at radius 2 is 2.36 bits per heavy atom. The van der Waals surface area contributed by atoms with E-state index in [1.54, 1.807) is 10.7 Å². The molecule has 7 heteroatoms. The van der Waals surface area contributed by atoms with Crippen molar-refractivity contribution in [1.82, 2.24) is 14.8 Å². The average molecular weight is 318 g/mol. The van der Waals surface area contributed by atoms with Crippen LogP contribution in [-0.4, -0.2) is 27.4 Å². The van der Waals surface area contributed by atoms with Crippen molar-refractivity contribution in [3.05, 3.63) is 40.8 Å². The van der Waals surface area contributed by atoms with E-state index in [-0.39, 0.29) is 12.1 Å². The number of nitrogens with zero attached hydrogens (tertiary/aromatic N) is 4. The van der Waals surface area contributed by atoms with Gasteiger partial charge in [0, 0.05) is 31.6 Å². The van der Waals surface area contributed by atoms with Gasteiger partial charge in [-0.1, -0.05) is 11.6 Å². The van der Waals surface area contributed by atoms with E-state index < -0.39 is 0 Å². The Balaban J connectivity index is 1.81. The Hall–Kier alpha value is -2.10. The first-order chi connectivity index (χ1) is 10.7. The standard InChI is InChI=1S/C15H16ClN5O/c1-21-9-11(8-19-21)14-13(3-2-4-22-14)20-15-12(16)5-10(6-17)7-18-15/h5,7-9,13-14H,2-4H2,1H3,(H,18,20)/t13-,14+/m0/s1. The van der Waals surface area contributed by atoms with Gasteiger partial charge in [-0.25, -0.2) is 4.98 Å². The van der Waals surface area contributed by atoms with Crippen LogP contribution in [0.3, 0.4) is 0 Å². The zero-order valence-electron chi connectivity index (χ0n) is 12.2. The predicted octanol–water partition coefficient (Wildman–Crippen LogP) is 2.67. The van der Waals surface area contributed by atoms with Crippen LogP contribution in [0.1, 0.15) is 30.1 Å². The third-order valence-corrected chi connectivity index (χ3v) is 3.96. The van der Waals surface area contributed by atoms with Gasteiger partial charge in [-0.2, -0.15) is 10.4 Å². The van der Waals surface area contributed by atoms with E-state index in [0.717, 1.165) is 25.0 Å². The van der Waals surface area contributed by atoms with Crippen LogP contribution in [-0.2, 0) is 11.8 Å². The molecule has 1 aliphatic heterocycles. The molecule has 1 fully saturated rings. The maximum atomic E-state index is 8.87. The Bertz CT molecular complexity index is 708. The second-order valence-corrected chi connectivity index (χ2v) is 5.71. The molecule has 114 valence electrons. The first kappa shape index (κ1) is 14.8. The van der Waals surface area contributed by atoms with Gasteiger partial charge in [0.15, 0.2) is 0 Å². The zero-order valence-corrected chi connectivity index (χ0v) is 12.9. The number of rotatable bonds is 3. The molecule has 0 amide bonds. The molecule has 2 atom stereocenters. The summed E-state index contributed by atoms with van der Waals surface area (Å²) in [6.45, 7) is 0.728. The van der Waals surface area contributed by atoms with E-state index in [2.05, 4.69) is 15.4 Å². The van der Waals surface area contributed by atoms with Crippen LogP contribution in [0.4, 0.5) is 5.82 Å². The van der Waals surface area contributed by atoms with Crippen molar-refractivity contribution in [2.75, 3.05) is 11.9 Å². The van der Waals surface area contributed by atoms with Crippen LogP contribution < -0.4 is 5.32 Å². The second kappa shape index (κ2) is 6.34. The molecule has 1 aliphatic rings. The quantitative estimate of drug-likeness (QED) is 0.942. The smallest absolute Gasteiger partial charge is 0.145 e. The summed E-state index contributed by atoms with van der Waals surface area (Å²) in [4.78, 5) is 4.23. The Morgan fingerprint density at radius 1 is 1.50 bits per heavy atom. The predicted molar refractivity (Wildman–Crippen MR) is 82.5 cm³/mol. The first-order valence-corrected chi connectivity index (χ1v) is 7.47. The summed E-state index contributed by atoms with van der Waals surface area (Å²) in [6.07, 6.45) is 7.13. The minimum Gasteiger partial charge on any atom is -0.371 e. The van der Waals surface area contributed by atoms with E-state index in [4.69, 9.17) is 21.6 Å². The highest BCUT2D eigenvalue weighted by Crippen LogP contribution is 2.31. The fraction of sp³-hybridized carbons (Fsp3) is 0.400. The molecule has 0 unspecified atom stereocenters. The fourth-order valence-electron chi connectivity index (χ4n) is 2.63. The summed E-state index contributed by atoms with van der Waals surface area (Å²) >= 11 is 6.19. The van der Waals surface area contributed by atoms with Gasteiger partial charge in [0.1, 0.15) is 18.0 Å². The number of hydrogen-bond donors (Lipinski definition) is 1. The topological polar surface area (TPSA) is 75.8 Å². The maximum absolute atomic E-state index is 8.87. The number of halogens is 1. The summed E-state index contributed by atoms with van der Waals surface area (Å²) in [5.74, 6) is 0.574. The molecule has 3 heterocycles. The Morgan fingerprint density at radius 3 is 3.05 bits per heavy atom. The van der Waals surface area contributed by atoms with Crippen LogP contribution in [0.2, 0.25) is 5.02 Å². The van der Waals surface area contributed by atoms with Crippen molar-refractivity contribution in [3.8, 4) is 6.07 Å². The van der Waals surface area contributed by atoms with Gasteiger partial charge < -0.3 is 10.1 Å². The highest BCUT2D eigenvalue weighted by molar-refractivity contribution is 6.33. The molecule has 0 aliphatic carbocycles. The van der Waals surface area contributed by atoms with E-state index in [1.165, 1.54) is 6.20 Å². The summed E-state index contributed by atoms with van der Waals surface area (Å²) in [7, 11) is 1.88. The van der Waals surface area contributed by atoms with Gasteiger partial charge >= 0.3 is 0 Å². The third-order valence-electron chi connectivity index (χ3n) is 3.67. The number of nitrogens with one attached hydrogen (secondary N) is 1. The summed E-state index contributed by atoms with van der Waals surface area (Å²) in [5.41, 5.74) is 1.48. The lowest BCUT2D eigenvalue weighted by Crippen LogP contribution is -2.34. The van der Waals surface area contributed by atoms with E-state index in [1.807, 2.05) is 25.5 Å². The van der Waals surface area contributed by atoms with Gasteiger partial charge in [0.2, 0.25) is 0 Å². The monoisotopic (exact) mass is 317 g/mol. The summed E-state index contributed by atoms with van der Waals surface area (Å²) in [5, 5.41) is 16.9. The largest absolute Gasteiger partial charge is 0.371 e. The van der Waals surface area contributed by atoms with E-state index in [9.17, 15) is 0 Å². The molecule has 1 saturated heterocycles. The molecule has 6 nitrogen and oxygen atoms in total. The van der Waals surface area contributed by atoms with Gasteiger partial charge in [-0.15, -0.1) is 0 Å². The third kappa shape index (κ3) is 3.06. The minimum absolute atomic E-state index is 0.0656. The van der Waals surface area contributed by atoms with Crippen molar-refractivity contribution in [2.24, 2.45) is 7.05 Å². The molecule has 3 rings (SSSR count). The van der Waals surface area contributed by atoms with E-state index in [0.29, 0.717) is 16.4 Å². The van der Waals surface area contributed by atoms with Crippen molar-refractivity contribution in [1.29, 1.82) is 5.26 Å². The number of ether oxygens (including phenoxy) is 1. The number of nitriles is 1. The molecule has 0 bridgehead atoms. The van der Waals surface area contributed by atoms with Crippen LogP contribution in [0, 0.1) is 11.3 Å². The van der Waals surface area contributed by atoms with Gasteiger partial charge in [0.05, 0.1) is 22.8 Å². The number of hydrogen-bond acceptors (Lipinski definition) is 5. The summed E-state index contributed by atoms with van der Waals surface area (Å²) < 4.78 is 7.67. The van der Waals surface area contributed by atoms with Crippen molar-refractivity contribution in [2.45, 2.75) is 25.0 Å². The van der Waals surface area contributed by atoms with Gasteiger partial charge in [-0.3, -0.25) is 4.68 Å². The highest BCUT2D eigenvalue weighted by atomic mass is 35.5. The van der Waals surface area contributed by atoms with Gasteiger partial charge in [-0.05, 0) is 18.9 Å². The molecule has 1 N–H and O–H groups in total. The molecular formula is C15H16ClN5O. The number of aromatic nitrogens is 3. The van der Waals surface area contributed by atoms with Crippen LogP contribution in [0.5, 0.6) is 0 Å². The lowest BCUT2D eigenvalue weighted by Gasteiger charge is -2.32. The molecule has 0 radical (unpaired) electrons. The van der Waals surface area contributed by atoms with Crippen molar-refractivity contribution < 1.29 is 4.74 Å². The molecular weight excluding hydrogens is 302 g/mol. The minimum atomic E-state index is -0.0871. The lowest BCUT2D eigenvalue weighted by molar-refractivity contribution is 0.00552. The molecule has 0 saturated carbocycles. The highest BCUT2D eigenvalue weighted by Gasteiger charge is 2.29. The van der Waals surface area contributed by atoms with Crippen molar-refractivity contribution in [3.63, 3.8) is 0 Å². The van der Waals surface area contributed by atoms with Gasteiger partial charge in [0.25, 0.3) is 0 Å². The molecule has 0 spiro atoms. The van der Waals surface area contributed by atoms with Crippen LogP contribution >= 0.6 is 11.6 Å². The summed E-state index contributed by atoms with van der Waals surface area (Å²) in [6, 6.07) is 3.70. The molecule has 2 aromatic rings. The first-order valence-electron chi connectivity index (χ1n) is 7.09. The number of pyridine rings is 1. The van der Waals surface area contributed by atoms with Crippen LogP contribution in [0.15, 0.2) is 24.7 Å². The number of aryl methyl sites for hydroxylation is 1. The average Bonchev–Trinajstić information content (AvgIpc) is 2.96. The second-order valence-electron chi connectivity index (χ2n) is 5.30. The number of anilines is 1. The fourth-order valence-corrected chi connectivity index (χ4v) is 2.85. The molecule has 0 aromatic carbocycles. The molecule has 2 aromatic heterocycles.